The first-order valence-electron chi connectivity index (χ1n) is 3.28. The molecule has 0 N–H and O–H groups in total. The monoisotopic (exact) mass is 162 g/mol. The summed E-state index contributed by atoms with van der Waals surface area (Å²) in [5.41, 5.74) is 0.841. The van der Waals surface area contributed by atoms with Gasteiger partial charge in [0.05, 0.1) is 10.5 Å². The number of aromatic nitrogens is 1. The van der Waals surface area contributed by atoms with Gasteiger partial charge in [0, 0.05) is 11.6 Å². The smallest absolute Gasteiger partial charge is 0.0888 e. The van der Waals surface area contributed by atoms with Crippen LogP contribution in [0.5, 0.6) is 0 Å². The maximum atomic E-state index is 5.86. The molecule has 0 unspecified atom stereocenters. The highest BCUT2D eigenvalue weighted by Gasteiger charge is 1.96. The van der Waals surface area contributed by atoms with Crippen molar-refractivity contribution in [2.24, 2.45) is 0 Å². The van der Waals surface area contributed by atoms with Crippen LogP contribution in [-0.4, -0.2) is 4.98 Å². The van der Waals surface area contributed by atoms with E-state index in [9.17, 15) is 0 Å². The number of hydrogen-bond donors (Lipinski definition) is 0. The molecule has 0 bridgehead atoms. The zero-order valence-electron chi connectivity index (χ0n) is 5.71. The SMILES string of the molecule is Clc1c[c]cc2cccnc12. The van der Waals surface area contributed by atoms with Crippen molar-refractivity contribution in [3.63, 3.8) is 0 Å². The second-order valence-electron chi connectivity index (χ2n) is 2.24. The Hall–Kier alpha value is -1.08. The van der Waals surface area contributed by atoms with E-state index in [4.69, 9.17) is 11.6 Å². The molecule has 11 heavy (non-hydrogen) atoms. The molecule has 0 atom stereocenters. The minimum atomic E-state index is 0.656. The molecule has 0 amide bonds. The van der Waals surface area contributed by atoms with Crippen LogP contribution in [0.3, 0.4) is 0 Å². The maximum absolute atomic E-state index is 5.86. The lowest BCUT2D eigenvalue weighted by molar-refractivity contribution is 1.41. The molecule has 53 valence electrons. The molecule has 1 aromatic heterocycles. The van der Waals surface area contributed by atoms with Gasteiger partial charge < -0.3 is 0 Å². The lowest BCUT2D eigenvalue weighted by Crippen LogP contribution is -1.77. The van der Waals surface area contributed by atoms with E-state index in [0.717, 1.165) is 10.9 Å². The summed E-state index contributed by atoms with van der Waals surface area (Å²) in [5.74, 6) is 0. The van der Waals surface area contributed by atoms with Crippen LogP contribution < -0.4 is 0 Å². The summed E-state index contributed by atoms with van der Waals surface area (Å²) >= 11 is 5.86. The normalized spacial score (nSPS) is 10.3. The molecule has 0 saturated heterocycles. The molecule has 0 aliphatic heterocycles. The predicted octanol–water partition coefficient (Wildman–Crippen LogP) is 2.69. The molecule has 1 radical (unpaired) electrons. The molecule has 2 aromatic rings. The molecular formula is C9H5ClN. The molecule has 0 aliphatic carbocycles. The van der Waals surface area contributed by atoms with Gasteiger partial charge in [-0.1, -0.05) is 17.7 Å². The van der Waals surface area contributed by atoms with Gasteiger partial charge in [0.25, 0.3) is 0 Å². The van der Waals surface area contributed by atoms with Gasteiger partial charge in [0.2, 0.25) is 0 Å². The van der Waals surface area contributed by atoms with E-state index in [-0.39, 0.29) is 0 Å². The van der Waals surface area contributed by atoms with Crippen molar-refractivity contribution in [2.45, 2.75) is 0 Å². The number of rotatable bonds is 0. The quantitative estimate of drug-likeness (QED) is 0.581. The van der Waals surface area contributed by atoms with E-state index in [1.165, 1.54) is 0 Å². The van der Waals surface area contributed by atoms with E-state index in [2.05, 4.69) is 11.1 Å². The summed E-state index contributed by atoms with van der Waals surface area (Å²) in [6.07, 6.45) is 1.73. The second-order valence-corrected chi connectivity index (χ2v) is 2.65. The Labute approximate surface area is 69.6 Å². The third-order valence-electron chi connectivity index (χ3n) is 1.51. The van der Waals surface area contributed by atoms with Gasteiger partial charge >= 0.3 is 0 Å². The maximum Gasteiger partial charge on any atom is 0.0888 e. The van der Waals surface area contributed by atoms with Gasteiger partial charge in [-0.3, -0.25) is 4.98 Å². The van der Waals surface area contributed by atoms with Crippen LogP contribution in [0.25, 0.3) is 10.9 Å². The number of benzene rings is 1. The molecule has 0 saturated carbocycles. The van der Waals surface area contributed by atoms with Gasteiger partial charge in [0.1, 0.15) is 0 Å². The highest BCUT2D eigenvalue weighted by molar-refractivity contribution is 6.34. The lowest BCUT2D eigenvalue weighted by Gasteiger charge is -1.95. The fourth-order valence-corrected chi connectivity index (χ4v) is 1.23. The molecule has 0 fully saturated rings. The Kier molecular flexibility index (Phi) is 1.51. The number of pyridine rings is 1. The number of halogens is 1. The van der Waals surface area contributed by atoms with Crippen LogP contribution in [0.1, 0.15) is 0 Å². The Morgan fingerprint density at radius 2 is 2.27 bits per heavy atom. The third kappa shape index (κ3) is 1.08. The fourth-order valence-electron chi connectivity index (χ4n) is 1.01. The molecule has 0 spiro atoms. The standard InChI is InChI=1S/C9H5ClN/c10-8-5-1-3-7-4-2-6-11-9(7)8/h2-6H. The third-order valence-corrected chi connectivity index (χ3v) is 1.80. The van der Waals surface area contributed by atoms with Crippen molar-refractivity contribution in [2.75, 3.05) is 0 Å². The van der Waals surface area contributed by atoms with Crippen LogP contribution in [0, 0.1) is 6.07 Å². The van der Waals surface area contributed by atoms with Crippen LogP contribution in [-0.2, 0) is 0 Å². The second kappa shape index (κ2) is 2.51. The van der Waals surface area contributed by atoms with E-state index in [1.54, 1.807) is 12.3 Å². The molecule has 0 aliphatic rings. The predicted molar refractivity (Wildman–Crippen MR) is 45.6 cm³/mol. The highest BCUT2D eigenvalue weighted by atomic mass is 35.5. The van der Waals surface area contributed by atoms with Gasteiger partial charge in [-0.25, -0.2) is 0 Å². The number of nitrogens with zero attached hydrogens (tertiary/aromatic N) is 1. The zero-order valence-corrected chi connectivity index (χ0v) is 6.47. The molecule has 1 heterocycles. The Balaban J connectivity index is 2.91. The summed E-state index contributed by atoms with van der Waals surface area (Å²) in [6, 6.07) is 10.4. The van der Waals surface area contributed by atoms with Crippen molar-refractivity contribution >= 4 is 22.5 Å². The first kappa shape index (κ1) is 6.62. The molecule has 1 nitrogen and oxygen atoms in total. The minimum Gasteiger partial charge on any atom is -0.255 e. The number of fused-ring (bicyclic) bond motifs is 1. The molecule has 2 heteroatoms. The summed E-state index contributed by atoms with van der Waals surface area (Å²) in [4.78, 5) is 4.13. The van der Waals surface area contributed by atoms with Crippen LogP contribution in [0.4, 0.5) is 0 Å². The van der Waals surface area contributed by atoms with Crippen LogP contribution >= 0.6 is 11.6 Å². The number of hydrogen-bond acceptors (Lipinski definition) is 1. The van der Waals surface area contributed by atoms with E-state index < -0.39 is 0 Å². The summed E-state index contributed by atoms with van der Waals surface area (Å²) in [5, 5.41) is 1.68. The minimum absolute atomic E-state index is 0.656. The van der Waals surface area contributed by atoms with Crippen molar-refractivity contribution in [1.29, 1.82) is 0 Å². The van der Waals surface area contributed by atoms with Gasteiger partial charge in [-0.2, -0.15) is 0 Å². The summed E-state index contributed by atoms with van der Waals surface area (Å²) in [6.45, 7) is 0. The van der Waals surface area contributed by atoms with Crippen molar-refractivity contribution in [3.05, 3.63) is 41.6 Å². The van der Waals surface area contributed by atoms with Crippen LogP contribution in [0.15, 0.2) is 30.5 Å². The Bertz CT molecular complexity index is 379. The Morgan fingerprint density at radius 3 is 3.09 bits per heavy atom. The zero-order chi connectivity index (χ0) is 7.68. The van der Waals surface area contributed by atoms with Crippen molar-refractivity contribution < 1.29 is 0 Å². The average molecular weight is 163 g/mol. The average Bonchev–Trinajstić information content (AvgIpc) is 2.06. The molecular weight excluding hydrogens is 158 g/mol. The van der Waals surface area contributed by atoms with Gasteiger partial charge in [0.15, 0.2) is 0 Å². The topological polar surface area (TPSA) is 12.9 Å². The first-order chi connectivity index (χ1) is 5.38. The van der Waals surface area contributed by atoms with Gasteiger partial charge in [-0.15, -0.1) is 0 Å². The fraction of sp³-hybridized carbons (Fsp3) is 0. The van der Waals surface area contributed by atoms with E-state index in [0.29, 0.717) is 5.02 Å². The summed E-state index contributed by atoms with van der Waals surface area (Å²) in [7, 11) is 0. The van der Waals surface area contributed by atoms with Crippen molar-refractivity contribution in [3.8, 4) is 0 Å². The molecule has 1 aromatic carbocycles. The van der Waals surface area contributed by atoms with E-state index >= 15 is 0 Å². The first-order valence-corrected chi connectivity index (χ1v) is 3.66. The van der Waals surface area contributed by atoms with Crippen molar-refractivity contribution in [1.82, 2.24) is 4.98 Å². The summed E-state index contributed by atoms with van der Waals surface area (Å²) < 4.78 is 0. The highest BCUT2D eigenvalue weighted by Crippen LogP contribution is 2.19. The molecule has 2 rings (SSSR count). The Morgan fingerprint density at radius 1 is 1.36 bits per heavy atom. The largest absolute Gasteiger partial charge is 0.255 e. The van der Waals surface area contributed by atoms with Gasteiger partial charge in [-0.05, 0) is 24.3 Å². The van der Waals surface area contributed by atoms with E-state index in [1.807, 2.05) is 18.2 Å². The van der Waals surface area contributed by atoms with Crippen LogP contribution in [0.2, 0.25) is 5.02 Å². The lowest BCUT2D eigenvalue weighted by atomic mass is 10.2.